The predicted molar refractivity (Wildman–Crippen MR) is 92.7 cm³/mol. The summed E-state index contributed by atoms with van der Waals surface area (Å²) < 4.78 is 49.6. The van der Waals surface area contributed by atoms with Crippen molar-refractivity contribution in [3.63, 3.8) is 0 Å². The van der Waals surface area contributed by atoms with Crippen LogP contribution in [-0.4, -0.2) is 40.3 Å². The molecule has 1 saturated carbocycles. The first-order chi connectivity index (χ1) is 12.4. The fourth-order valence-electron chi connectivity index (χ4n) is 3.60. The molecule has 4 rings (SSSR count). The molecule has 0 spiro atoms. The highest BCUT2D eigenvalue weighted by atomic mass is 35.5. The summed E-state index contributed by atoms with van der Waals surface area (Å²) in [6.45, 7) is 5.99. The van der Waals surface area contributed by atoms with E-state index in [9.17, 15) is 18.0 Å². The zero-order valence-electron chi connectivity index (χ0n) is 15.3. The topological polar surface area (TPSA) is 51.7 Å². The minimum absolute atomic E-state index is 0.0497. The van der Waals surface area contributed by atoms with Gasteiger partial charge in [0.1, 0.15) is 16.7 Å². The minimum atomic E-state index is -4.52. The maximum atomic E-state index is 12.8. The molecule has 3 fully saturated rings. The van der Waals surface area contributed by atoms with Crippen LogP contribution in [-0.2, 0) is 10.9 Å². The number of carbonyl (C=O) groups is 1. The van der Waals surface area contributed by atoms with Crippen LogP contribution >= 0.6 is 11.6 Å². The van der Waals surface area contributed by atoms with Crippen molar-refractivity contribution >= 4 is 17.7 Å². The van der Waals surface area contributed by atoms with Gasteiger partial charge < -0.3 is 14.4 Å². The van der Waals surface area contributed by atoms with E-state index >= 15 is 0 Å². The number of piperidine rings is 2. The van der Waals surface area contributed by atoms with Gasteiger partial charge in [0.15, 0.2) is 0 Å². The molecule has 5 nitrogen and oxygen atoms in total. The molecule has 27 heavy (non-hydrogen) atoms. The highest BCUT2D eigenvalue weighted by molar-refractivity contribution is 6.31. The molecule has 0 N–H and O–H groups in total. The van der Waals surface area contributed by atoms with Crippen LogP contribution in [0.3, 0.4) is 0 Å². The van der Waals surface area contributed by atoms with Gasteiger partial charge in [0, 0.05) is 12.7 Å². The van der Waals surface area contributed by atoms with E-state index in [-0.39, 0.29) is 29.0 Å². The lowest BCUT2D eigenvalue weighted by Gasteiger charge is -2.49. The number of carbonyl (C=O) groups excluding carboxylic acids is 1. The van der Waals surface area contributed by atoms with Crippen molar-refractivity contribution in [2.75, 3.05) is 6.54 Å². The smallest absolute Gasteiger partial charge is 0.417 e. The summed E-state index contributed by atoms with van der Waals surface area (Å²) >= 11 is 5.95. The summed E-state index contributed by atoms with van der Waals surface area (Å²) in [5.74, 6) is 0.201. The van der Waals surface area contributed by atoms with Crippen LogP contribution in [0.5, 0.6) is 5.88 Å². The van der Waals surface area contributed by atoms with Gasteiger partial charge in [-0.25, -0.2) is 9.78 Å². The average Bonchev–Trinajstić information content (AvgIpc) is 2.54. The van der Waals surface area contributed by atoms with Gasteiger partial charge in [-0.15, -0.1) is 0 Å². The molecular formula is C18H22ClF3N2O3. The number of hydrogen-bond acceptors (Lipinski definition) is 4. The van der Waals surface area contributed by atoms with Crippen LogP contribution in [0.15, 0.2) is 12.3 Å². The van der Waals surface area contributed by atoms with E-state index in [0.717, 1.165) is 18.9 Å². The number of fused-ring (bicyclic) bond motifs is 3. The molecule has 1 amide bonds. The lowest BCUT2D eigenvalue weighted by atomic mass is 9.78. The van der Waals surface area contributed by atoms with Crippen molar-refractivity contribution in [3.05, 3.63) is 22.8 Å². The van der Waals surface area contributed by atoms with Gasteiger partial charge in [0.25, 0.3) is 0 Å². The Kier molecular flexibility index (Phi) is 5.22. The van der Waals surface area contributed by atoms with Gasteiger partial charge in [-0.05, 0) is 52.0 Å². The largest absolute Gasteiger partial charge is 0.471 e. The maximum Gasteiger partial charge on any atom is 0.417 e. The highest BCUT2D eigenvalue weighted by Gasteiger charge is 2.46. The normalized spacial score (nSPS) is 25.4. The molecule has 1 aromatic rings. The lowest BCUT2D eigenvalue weighted by Crippen LogP contribution is -2.60. The van der Waals surface area contributed by atoms with Crippen molar-refractivity contribution in [3.8, 4) is 5.88 Å². The Balaban J connectivity index is 1.75. The molecule has 3 aliphatic rings. The van der Waals surface area contributed by atoms with E-state index in [2.05, 4.69) is 4.98 Å². The standard InChI is InChI=1S/C18H22ClF3N2O3/c1-17(2,3)27-16(25)24-9-10-4-5-13(24)14(6-10)26-15-12(19)7-11(8-23-15)18(20,21)22/h7-8,10,13-14H,4-6,9H2,1-3H3/t10-,13+,14-/m1/s1. The van der Waals surface area contributed by atoms with Crippen molar-refractivity contribution < 1.29 is 27.4 Å². The molecular weight excluding hydrogens is 385 g/mol. The molecule has 150 valence electrons. The van der Waals surface area contributed by atoms with E-state index in [1.165, 1.54) is 0 Å². The SMILES string of the molecule is CC(C)(C)OC(=O)N1C[C@@H]2CC[C@H]1[C@H](Oc1ncc(C(F)(F)F)cc1Cl)C2. The zero-order valence-corrected chi connectivity index (χ0v) is 16.1. The Morgan fingerprint density at radius 3 is 2.56 bits per heavy atom. The number of rotatable bonds is 2. The summed E-state index contributed by atoms with van der Waals surface area (Å²) in [5.41, 5.74) is -1.54. The number of aromatic nitrogens is 1. The lowest BCUT2D eigenvalue weighted by molar-refractivity contribution is -0.137. The maximum absolute atomic E-state index is 12.8. The Labute approximate surface area is 160 Å². The number of pyridine rings is 1. The van der Waals surface area contributed by atoms with Crippen molar-refractivity contribution in [2.24, 2.45) is 5.92 Å². The number of alkyl halides is 3. The highest BCUT2D eigenvalue weighted by Crippen LogP contribution is 2.39. The second-order valence-corrected chi connectivity index (χ2v) is 8.45. The first kappa shape index (κ1) is 20.0. The number of halogens is 4. The third-order valence-electron chi connectivity index (χ3n) is 4.75. The molecule has 0 radical (unpaired) electrons. The van der Waals surface area contributed by atoms with Gasteiger partial charge in [0.05, 0.1) is 11.6 Å². The number of nitrogens with zero attached hydrogens (tertiary/aromatic N) is 2. The summed E-state index contributed by atoms with van der Waals surface area (Å²) in [6, 6.07) is 0.585. The molecule has 1 aliphatic carbocycles. The summed E-state index contributed by atoms with van der Waals surface area (Å²) in [5, 5.41) is -0.199. The molecule has 3 atom stereocenters. The first-order valence-corrected chi connectivity index (χ1v) is 9.21. The molecule has 0 aromatic carbocycles. The minimum Gasteiger partial charge on any atom is -0.471 e. The van der Waals surface area contributed by atoms with Crippen LogP contribution in [0.1, 0.15) is 45.6 Å². The Hall–Kier alpha value is -1.70. The van der Waals surface area contributed by atoms with E-state index in [1.54, 1.807) is 25.7 Å². The molecule has 3 heterocycles. The quantitative estimate of drug-likeness (QED) is 0.699. The molecule has 2 aliphatic heterocycles. The number of ether oxygens (including phenoxy) is 2. The summed E-state index contributed by atoms with van der Waals surface area (Å²) in [7, 11) is 0. The zero-order chi connectivity index (χ0) is 20.0. The van der Waals surface area contributed by atoms with E-state index < -0.39 is 23.4 Å². The summed E-state index contributed by atoms with van der Waals surface area (Å²) in [4.78, 5) is 17.9. The predicted octanol–water partition coefficient (Wildman–Crippen LogP) is 4.92. The third kappa shape index (κ3) is 4.59. The van der Waals surface area contributed by atoms with Crippen LogP contribution < -0.4 is 4.74 Å². The first-order valence-electron chi connectivity index (χ1n) is 8.83. The van der Waals surface area contributed by atoms with Crippen molar-refractivity contribution in [1.29, 1.82) is 0 Å². The van der Waals surface area contributed by atoms with Crippen molar-refractivity contribution in [1.82, 2.24) is 9.88 Å². The Bertz CT molecular complexity index is 721. The molecule has 1 aromatic heterocycles. The monoisotopic (exact) mass is 406 g/mol. The van der Waals surface area contributed by atoms with Crippen LogP contribution in [0.25, 0.3) is 0 Å². The second-order valence-electron chi connectivity index (χ2n) is 8.04. The van der Waals surface area contributed by atoms with Gasteiger partial charge >= 0.3 is 12.3 Å². The number of hydrogen-bond donors (Lipinski definition) is 0. The molecule has 2 bridgehead atoms. The van der Waals surface area contributed by atoms with Gasteiger partial charge in [-0.3, -0.25) is 0 Å². The molecule has 0 unspecified atom stereocenters. The third-order valence-corrected chi connectivity index (χ3v) is 5.02. The Morgan fingerprint density at radius 1 is 1.30 bits per heavy atom. The van der Waals surface area contributed by atoms with Crippen molar-refractivity contribution in [2.45, 2.75) is 64.0 Å². The van der Waals surface area contributed by atoms with Crippen LogP contribution in [0.2, 0.25) is 5.02 Å². The number of amides is 1. The second kappa shape index (κ2) is 7.04. The molecule has 2 saturated heterocycles. The van der Waals surface area contributed by atoms with Crippen LogP contribution in [0.4, 0.5) is 18.0 Å². The summed E-state index contributed by atoms with van der Waals surface area (Å²) in [6.07, 6.45) is -2.20. The van der Waals surface area contributed by atoms with Gasteiger partial charge in [0.2, 0.25) is 5.88 Å². The molecule has 9 heteroatoms. The average molecular weight is 407 g/mol. The van der Waals surface area contributed by atoms with Gasteiger partial charge in [-0.1, -0.05) is 11.6 Å². The Morgan fingerprint density at radius 2 is 2.00 bits per heavy atom. The van der Waals surface area contributed by atoms with Gasteiger partial charge in [-0.2, -0.15) is 13.2 Å². The fraction of sp³-hybridized carbons (Fsp3) is 0.667. The van der Waals surface area contributed by atoms with E-state index in [0.29, 0.717) is 19.2 Å². The van der Waals surface area contributed by atoms with Crippen LogP contribution in [0, 0.1) is 5.92 Å². The van der Waals surface area contributed by atoms with E-state index in [1.807, 2.05) is 0 Å². The van der Waals surface area contributed by atoms with E-state index in [4.69, 9.17) is 21.1 Å². The fourth-order valence-corrected chi connectivity index (χ4v) is 3.81.